The van der Waals surface area contributed by atoms with Crippen molar-refractivity contribution in [3.8, 4) is 0 Å². The normalized spacial score (nSPS) is 18.5. The van der Waals surface area contributed by atoms with E-state index in [9.17, 15) is 9.59 Å². The van der Waals surface area contributed by atoms with Gasteiger partial charge in [-0.15, -0.1) is 0 Å². The highest BCUT2D eigenvalue weighted by Crippen LogP contribution is 2.23. The van der Waals surface area contributed by atoms with Gasteiger partial charge in [0, 0.05) is 25.7 Å². The summed E-state index contributed by atoms with van der Waals surface area (Å²) in [6.45, 7) is 6.75. The van der Waals surface area contributed by atoms with E-state index in [1.165, 1.54) is 0 Å². The molecule has 1 amide bonds. The van der Waals surface area contributed by atoms with Crippen molar-refractivity contribution in [3.05, 3.63) is 18.0 Å². The fourth-order valence-corrected chi connectivity index (χ4v) is 2.41. The molecule has 7 heteroatoms. The first-order valence-corrected chi connectivity index (χ1v) is 7.47. The van der Waals surface area contributed by atoms with E-state index in [-0.39, 0.29) is 18.6 Å². The predicted octanol–water partition coefficient (Wildman–Crippen LogP) is 2.08. The summed E-state index contributed by atoms with van der Waals surface area (Å²) in [6.07, 6.45) is 4.65. The SMILES string of the molecule is CC(C)(C)OC(=O)N1CCC(n2cc(CCC(=O)O)cn2)C1. The van der Waals surface area contributed by atoms with Crippen molar-refractivity contribution >= 4 is 12.1 Å². The molecular weight excluding hydrogens is 286 g/mol. The fourth-order valence-electron chi connectivity index (χ4n) is 2.41. The number of aliphatic carboxylic acids is 1. The van der Waals surface area contributed by atoms with Gasteiger partial charge in [0.2, 0.25) is 0 Å². The van der Waals surface area contributed by atoms with Crippen molar-refractivity contribution in [2.75, 3.05) is 13.1 Å². The van der Waals surface area contributed by atoms with Gasteiger partial charge in [-0.3, -0.25) is 9.48 Å². The van der Waals surface area contributed by atoms with E-state index in [4.69, 9.17) is 9.84 Å². The molecule has 2 heterocycles. The van der Waals surface area contributed by atoms with Crippen molar-refractivity contribution in [2.45, 2.75) is 51.7 Å². The molecule has 22 heavy (non-hydrogen) atoms. The molecule has 0 aliphatic carbocycles. The minimum atomic E-state index is -0.815. The maximum Gasteiger partial charge on any atom is 0.410 e. The average Bonchev–Trinajstić information content (AvgIpc) is 3.03. The smallest absolute Gasteiger partial charge is 0.410 e. The van der Waals surface area contributed by atoms with Crippen LogP contribution >= 0.6 is 0 Å². The summed E-state index contributed by atoms with van der Waals surface area (Å²) in [5.41, 5.74) is 0.406. The minimum absolute atomic E-state index is 0.0976. The number of hydrogen-bond donors (Lipinski definition) is 1. The van der Waals surface area contributed by atoms with Crippen molar-refractivity contribution in [1.29, 1.82) is 0 Å². The molecule has 0 aromatic carbocycles. The van der Waals surface area contributed by atoms with E-state index in [2.05, 4.69) is 5.10 Å². The fraction of sp³-hybridized carbons (Fsp3) is 0.667. The van der Waals surface area contributed by atoms with Gasteiger partial charge in [-0.25, -0.2) is 4.79 Å². The third kappa shape index (κ3) is 4.47. The number of amides is 1. The number of carboxylic acid groups (broad SMARTS) is 1. The van der Waals surface area contributed by atoms with Gasteiger partial charge in [-0.05, 0) is 39.2 Å². The number of carbonyl (C=O) groups excluding carboxylic acids is 1. The highest BCUT2D eigenvalue weighted by Gasteiger charge is 2.30. The second-order valence-electron chi connectivity index (χ2n) is 6.59. The van der Waals surface area contributed by atoms with E-state index in [0.29, 0.717) is 19.5 Å². The summed E-state index contributed by atoms with van der Waals surface area (Å²) in [5.74, 6) is -0.815. The number of hydrogen-bond acceptors (Lipinski definition) is 4. The Balaban J connectivity index is 1.90. The van der Waals surface area contributed by atoms with E-state index in [1.807, 2.05) is 31.6 Å². The second kappa shape index (κ2) is 6.37. The minimum Gasteiger partial charge on any atom is -0.481 e. The molecule has 122 valence electrons. The number of carbonyl (C=O) groups is 2. The zero-order valence-electron chi connectivity index (χ0n) is 13.3. The van der Waals surface area contributed by atoms with Crippen LogP contribution in [0.15, 0.2) is 12.4 Å². The van der Waals surface area contributed by atoms with Crippen LogP contribution in [-0.4, -0.2) is 50.5 Å². The highest BCUT2D eigenvalue weighted by molar-refractivity contribution is 5.68. The first-order chi connectivity index (χ1) is 10.2. The molecule has 1 aliphatic rings. The van der Waals surface area contributed by atoms with Crippen LogP contribution in [0.2, 0.25) is 0 Å². The maximum atomic E-state index is 12.0. The maximum absolute atomic E-state index is 12.0. The van der Waals surface area contributed by atoms with Gasteiger partial charge < -0.3 is 14.7 Å². The van der Waals surface area contributed by atoms with E-state index < -0.39 is 11.6 Å². The molecule has 0 radical (unpaired) electrons. The highest BCUT2D eigenvalue weighted by atomic mass is 16.6. The molecule has 1 fully saturated rings. The Morgan fingerprint density at radius 3 is 2.82 bits per heavy atom. The lowest BCUT2D eigenvalue weighted by Crippen LogP contribution is -2.35. The van der Waals surface area contributed by atoms with Crippen LogP contribution in [0, 0.1) is 0 Å². The lowest BCUT2D eigenvalue weighted by molar-refractivity contribution is -0.136. The van der Waals surface area contributed by atoms with Crippen LogP contribution in [0.4, 0.5) is 4.79 Å². The molecule has 1 aromatic heterocycles. The molecule has 7 nitrogen and oxygen atoms in total. The zero-order valence-corrected chi connectivity index (χ0v) is 13.3. The quantitative estimate of drug-likeness (QED) is 0.920. The Hall–Kier alpha value is -2.05. The summed E-state index contributed by atoms with van der Waals surface area (Å²) in [4.78, 5) is 24.3. The van der Waals surface area contributed by atoms with Gasteiger partial charge >= 0.3 is 12.1 Å². The average molecular weight is 309 g/mol. The Bertz CT molecular complexity index is 547. The van der Waals surface area contributed by atoms with Crippen LogP contribution in [0.3, 0.4) is 0 Å². The van der Waals surface area contributed by atoms with E-state index in [0.717, 1.165) is 12.0 Å². The molecule has 1 N–H and O–H groups in total. The lowest BCUT2D eigenvalue weighted by atomic mass is 10.2. The molecule has 1 atom stereocenters. The Morgan fingerprint density at radius 2 is 2.18 bits per heavy atom. The molecular formula is C15H23N3O4. The molecule has 1 unspecified atom stereocenters. The third-order valence-corrected chi connectivity index (χ3v) is 3.47. The van der Waals surface area contributed by atoms with Crippen molar-refractivity contribution in [1.82, 2.24) is 14.7 Å². The number of aromatic nitrogens is 2. The summed E-state index contributed by atoms with van der Waals surface area (Å²) in [5, 5.41) is 13.0. The summed E-state index contributed by atoms with van der Waals surface area (Å²) in [6, 6.07) is 0.117. The first kappa shape index (κ1) is 16.3. The molecule has 2 rings (SSSR count). The lowest BCUT2D eigenvalue weighted by Gasteiger charge is -2.24. The van der Waals surface area contributed by atoms with E-state index in [1.54, 1.807) is 11.1 Å². The molecule has 0 saturated carbocycles. The number of rotatable bonds is 4. The molecule has 0 bridgehead atoms. The predicted molar refractivity (Wildman–Crippen MR) is 79.6 cm³/mol. The third-order valence-electron chi connectivity index (χ3n) is 3.47. The van der Waals surface area contributed by atoms with Crippen molar-refractivity contribution in [3.63, 3.8) is 0 Å². The second-order valence-corrected chi connectivity index (χ2v) is 6.59. The van der Waals surface area contributed by atoms with Crippen molar-refractivity contribution < 1.29 is 19.4 Å². The van der Waals surface area contributed by atoms with Crippen LogP contribution in [0.1, 0.15) is 45.2 Å². The zero-order chi connectivity index (χ0) is 16.3. The van der Waals surface area contributed by atoms with Gasteiger partial charge in [0.25, 0.3) is 0 Å². The number of aryl methyl sites for hydroxylation is 1. The van der Waals surface area contributed by atoms with Gasteiger partial charge in [0.05, 0.1) is 12.2 Å². The number of likely N-dealkylation sites (tertiary alicyclic amines) is 1. The van der Waals surface area contributed by atoms with Gasteiger partial charge in [-0.1, -0.05) is 0 Å². The van der Waals surface area contributed by atoms with Crippen LogP contribution in [0.25, 0.3) is 0 Å². The molecule has 0 spiro atoms. The van der Waals surface area contributed by atoms with Crippen LogP contribution < -0.4 is 0 Å². The van der Waals surface area contributed by atoms with Gasteiger partial charge in [-0.2, -0.15) is 5.10 Å². The molecule has 1 saturated heterocycles. The largest absolute Gasteiger partial charge is 0.481 e. The number of carboxylic acids is 1. The summed E-state index contributed by atoms with van der Waals surface area (Å²) in [7, 11) is 0. The number of nitrogens with zero attached hydrogens (tertiary/aromatic N) is 3. The van der Waals surface area contributed by atoms with E-state index >= 15 is 0 Å². The van der Waals surface area contributed by atoms with Crippen LogP contribution in [0.5, 0.6) is 0 Å². The van der Waals surface area contributed by atoms with Crippen LogP contribution in [-0.2, 0) is 16.0 Å². The van der Waals surface area contributed by atoms with Gasteiger partial charge in [0.15, 0.2) is 0 Å². The first-order valence-electron chi connectivity index (χ1n) is 7.47. The Kier molecular flexibility index (Phi) is 4.73. The molecule has 1 aromatic rings. The Morgan fingerprint density at radius 1 is 1.45 bits per heavy atom. The van der Waals surface area contributed by atoms with Gasteiger partial charge in [0.1, 0.15) is 5.60 Å². The molecule has 1 aliphatic heterocycles. The topological polar surface area (TPSA) is 84.7 Å². The standard InChI is InChI=1S/C15H23N3O4/c1-15(2,3)22-14(21)17-7-6-12(10-17)18-9-11(8-16-18)4-5-13(19)20/h8-9,12H,4-7,10H2,1-3H3,(H,19,20). The van der Waals surface area contributed by atoms with Crippen molar-refractivity contribution in [2.24, 2.45) is 0 Å². The monoisotopic (exact) mass is 309 g/mol. The number of ether oxygens (including phenoxy) is 1. The Labute approximate surface area is 129 Å². The summed E-state index contributed by atoms with van der Waals surface area (Å²) < 4.78 is 7.19. The summed E-state index contributed by atoms with van der Waals surface area (Å²) >= 11 is 0.